The molecule has 1 aliphatic heterocycles. The summed E-state index contributed by atoms with van der Waals surface area (Å²) in [6.07, 6.45) is 0. The predicted octanol–water partition coefficient (Wildman–Crippen LogP) is 4.49. The van der Waals surface area contributed by atoms with Gasteiger partial charge in [-0.3, -0.25) is 0 Å². The fourth-order valence-corrected chi connectivity index (χ4v) is 2.77. The van der Waals surface area contributed by atoms with Gasteiger partial charge >= 0.3 is 0 Å². The molecular weight excluding hydrogens is 342 g/mol. The Morgan fingerprint density at radius 1 is 1.05 bits per heavy atom. The largest absolute Gasteiger partial charge is 0.486 e. The first-order chi connectivity index (χ1) is 9.72. The lowest BCUT2D eigenvalue weighted by Crippen LogP contribution is -2.15. The Labute approximate surface area is 131 Å². The van der Waals surface area contributed by atoms with Gasteiger partial charge in [0.25, 0.3) is 0 Å². The van der Waals surface area contributed by atoms with Crippen LogP contribution in [-0.2, 0) is 6.54 Å². The third kappa shape index (κ3) is 3.02. The molecule has 104 valence electrons. The Morgan fingerprint density at radius 3 is 2.65 bits per heavy atom. The molecule has 0 saturated heterocycles. The van der Waals surface area contributed by atoms with E-state index in [9.17, 15) is 0 Å². The van der Waals surface area contributed by atoms with Gasteiger partial charge in [0.05, 0.1) is 10.7 Å². The number of hydrogen-bond acceptors (Lipinski definition) is 3. The lowest BCUT2D eigenvalue weighted by molar-refractivity contribution is 0.171. The minimum absolute atomic E-state index is 0.600. The van der Waals surface area contributed by atoms with Crippen LogP contribution in [0, 0.1) is 0 Å². The normalized spacial score (nSPS) is 13.1. The van der Waals surface area contributed by atoms with Crippen LogP contribution >= 0.6 is 27.5 Å². The molecule has 1 aliphatic rings. The maximum absolute atomic E-state index is 6.17. The molecule has 2 aromatic carbocycles. The predicted molar refractivity (Wildman–Crippen MR) is 83.9 cm³/mol. The average molecular weight is 355 g/mol. The number of ether oxygens (including phenoxy) is 2. The zero-order valence-corrected chi connectivity index (χ0v) is 13.0. The van der Waals surface area contributed by atoms with Crippen LogP contribution in [0.15, 0.2) is 40.9 Å². The molecule has 0 unspecified atom stereocenters. The fourth-order valence-electron chi connectivity index (χ4n) is 2.03. The van der Waals surface area contributed by atoms with Crippen LogP contribution in [0.2, 0.25) is 5.02 Å². The SMILES string of the molecule is Clc1cc(Br)ccc1NCc1ccc2c(c1)OCCO2. The summed E-state index contributed by atoms with van der Waals surface area (Å²) in [6, 6.07) is 11.7. The highest BCUT2D eigenvalue weighted by atomic mass is 79.9. The van der Waals surface area contributed by atoms with Gasteiger partial charge in [0, 0.05) is 11.0 Å². The van der Waals surface area contributed by atoms with Crippen molar-refractivity contribution in [1.29, 1.82) is 0 Å². The van der Waals surface area contributed by atoms with Gasteiger partial charge in [0.15, 0.2) is 11.5 Å². The van der Waals surface area contributed by atoms with E-state index >= 15 is 0 Å². The first-order valence-corrected chi connectivity index (χ1v) is 7.47. The second-order valence-electron chi connectivity index (χ2n) is 4.46. The van der Waals surface area contributed by atoms with Crippen molar-refractivity contribution in [3.63, 3.8) is 0 Å². The molecule has 0 radical (unpaired) electrons. The highest BCUT2D eigenvalue weighted by Gasteiger charge is 2.11. The summed E-state index contributed by atoms with van der Waals surface area (Å²) in [5, 5.41) is 4.01. The van der Waals surface area contributed by atoms with Crippen molar-refractivity contribution in [3.05, 3.63) is 51.5 Å². The van der Waals surface area contributed by atoms with E-state index < -0.39 is 0 Å². The van der Waals surface area contributed by atoms with Crippen molar-refractivity contribution in [3.8, 4) is 11.5 Å². The molecule has 0 aromatic heterocycles. The van der Waals surface area contributed by atoms with Crippen LogP contribution < -0.4 is 14.8 Å². The van der Waals surface area contributed by atoms with Crippen LogP contribution in [0.1, 0.15) is 5.56 Å². The Morgan fingerprint density at radius 2 is 1.85 bits per heavy atom. The quantitative estimate of drug-likeness (QED) is 0.881. The number of fused-ring (bicyclic) bond motifs is 1. The van der Waals surface area contributed by atoms with Gasteiger partial charge in [-0.25, -0.2) is 0 Å². The van der Waals surface area contributed by atoms with E-state index in [4.69, 9.17) is 21.1 Å². The summed E-state index contributed by atoms with van der Waals surface area (Å²) in [5.74, 6) is 1.61. The lowest BCUT2D eigenvalue weighted by Gasteiger charge is -2.19. The third-order valence-corrected chi connectivity index (χ3v) is 3.83. The summed E-state index contributed by atoms with van der Waals surface area (Å²) in [6.45, 7) is 1.89. The number of hydrogen-bond donors (Lipinski definition) is 1. The molecule has 0 fully saturated rings. The minimum Gasteiger partial charge on any atom is -0.486 e. The van der Waals surface area contributed by atoms with Crippen LogP contribution in [0.25, 0.3) is 0 Å². The van der Waals surface area contributed by atoms with Crippen molar-refractivity contribution in [1.82, 2.24) is 0 Å². The lowest BCUT2D eigenvalue weighted by atomic mass is 10.2. The Bertz CT molecular complexity index is 633. The van der Waals surface area contributed by atoms with Gasteiger partial charge in [0.1, 0.15) is 13.2 Å². The molecule has 0 amide bonds. The monoisotopic (exact) mass is 353 g/mol. The topological polar surface area (TPSA) is 30.5 Å². The minimum atomic E-state index is 0.600. The molecule has 3 nitrogen and oxygen atoms in total. The van der Waals surface area contributed by atoms with Crippen molar-refractivity contribution in [2.24, 2.45) is 0 Å². The molecule has 3 rings (SSSR count). The third-order valence-electron chi connectivity index (χ3n) is 3.02. The molecule has 0 saturated carbocycles. The molecule has 1 N–H and O–H groups in total. The standard InChI is InChI=1S/C15H13BrClNO2/c16-11-2-3-13(12(17)8-11)18-9-10-1-4-14-15(7-10)20-6-5-19-14/h1-4,7-8,18H,5-6,9H2. The van der Waals surface area contributed by atoms with Gasteiger partial charge in [0.2, 0.25) is 0 Å². The Kier molecular flexibility index (Phi) is 4.03. The van der Waals surface area contributed by atoms with Crippen LogP contribution in [0.4, 0.5) is 5.69 Å². The van der Waals surface area contributed by atoms with Gasteiger partial charge in [-0.1, -0.05) is 33.6 Å². The van der Waals surface area contributed by atoms with E-state index in [2.05, 4.69) is 21.2 Å². The maximum Gasteiger partial charge on any atom is 0.161 e. The smallest absolute Gasteiger partial charge is 0.161 e. The highest BCUT2D eigenvalue weighted by molar-refractivity contribution is 9.10. The molecule has 2 aromatic rings. The molecule has 20 heavy (non-hydrogen) atoms. The number of halogens is 2. The fraction of sp³-hybridized carbons (Fsp3) is 0.200. The molecule has 0 atom stereocenters. The summed E-state index contributed by atoms with van der Waals surface area (Å²) in [4.78, 5) is 0. The first-order valence-electron chi connectivity index (χ1n) is 6.30. The number of anilines is 1. The van der Waals surface area contributed by atoms with E-state index in [0.717, 1.165) is 27.2 Å². The molecule has 1 heterocycles. The summed E-state index contributed by atoms with van der Waals surface area (Å²) >= 11 is 9.56. The van der Waals surface area contributed by atoms with Gasteiger partial charge < -0.3 is 14.8 Å². The van der Waals surface area contributed by atoms with Crippen molar-refractivity contribution >= 4 is 33.2 Å². The maximum atomic E-state index is 6.17. The van der Waals surface area contributed by atoms with E-state index in [1.807, 2.05) is 36.4 Å². The van der Waals surface area contributed by atoms with Crippen LogP contribution in [0.3, 0.4) is 0 Å². The van der Waals surface area contributed by atoms with Gasteiger partial charge in [-0.2, -0.15) is 0 Å². The van der Waals surface area contributed by atoms with Crippen LogP contribution in [0.5, 0.6) is 11.5 Å². The van der Waals surface area contributed by atoms with Gasteiger partial charge in [-0.15, -0.1) is 0 Å². The summed E-state index contributed by atoms with van der Waals surface area (Å²) < 4.78 is 12.0. The number of benzene rings is 2. The highest BCUT2D eigenvalue weighted by Crippen LogP contribution is 2.31. The Hall–Kier alpha value is -1.39. The zero-order valence-electron chi connectivity index (χ0n) is 10.7. The average Bonchev–Trinajstić information content (AvgIpc) is 2.46. The number of rotatable bonds is 3. The van der Waals surface area contributed by atoms with E-state index in [0.29, 0.717) is 24.8 Å². The summed E-state index contributed by atoms with van der Waals surface area (Å²) in [7, 11) is 0. The van der Waals surface area contributed by atoms with Crippen molar-refractivity contribution in [2.75, 3.05) is 18.5 Å². The summed E-state index contributed by atoms with van der Waals surface area (Å²) in [5.41, 5.74) is 2.03. The molecular formula is C15H13BrClNO2. The molecule has 0 aliphatic carbocycles. The number of nitrogens with one attached hydrogen (secondary N) is 1. The molecule has 0 spiro atoms. The first kappa shape index (κ1) is 13.6. The van der Waals surface area contributed by atoms with E-state index in [1.165, 1.54) is 0 Å². The Balaban J connectivity index is 1.72. The molecule has 0 bridgehead atoms. The van der Waals surface area contributed by atoms with Crippen molar-refractivity contribution < 1.29 is 9.47 Å². The van der Waals surface area contributed by atoms with E-state index in [1.54, 1.807) is 0 Å². The van der Waals surface area contributed by atoms with Gasteiger partial charge in [-0.05, 0) is 35.9 Å². The van der Waals surface area contributed by atoms with E-state index in [-0.39, 0.29) is 0 Å². The zero-order chi connectivity index (χ0) is 13.9. The second-order valence-corrected chi connectivity index (χ2v) is 5.78. The molecule has 5 heteroatoms. The second kappa shape index (κ2) is 5.94. The van der Waals surface area contributed by atoms with Crippen molar-refractivity contribution in [2.45, 2.75) is 6.54 Å². The van der Waals surface area contributed by atoms with Crippen LogP contribution in [-0.4, -0.2) is 13.2 Å².